The van der Waals surface area contributed by atoms with Gasteiger partial charge < -0.3 is 20.1 Å². The maximum absolute atomic E-state index is 12.0. The normalized spacial score (nSPS) is 26.8. The second kappa shape index (κ2) is 6.28. The third-order valence-corrected chi connectivity index (χ3v) is 3.89. The molecule has 4 N–H and O–H groups in total. The molecule has 0 spiro atoms. The Labute approximate surface area is 134 Å². The topological polar surface area (TPSA) is 155 Å². The Morgan fingerprint density at radius 2 is 2.04 bits per heavy atom. The minimum Gasteiger partial charge on any atom is -0.394 e. The molecule has 0 aromatic carbocycles. The van der Waals surface area contributed by atoms with E-state index in [1.54, 1.807) is 0 Å². The van der Waals surface area contributed by atoms with Gasteiger partial charge in [-0.3, -0.25) is 14.3 Å². The number of ether oxygens (including phenoxy) is 1. The average molecular weight is 339 g/mol. The van der Waals surface area contributed by atoms with E-state index in [9.17, 15) is 19.8 Å². The molecule has 1 aliphatic rings. The summed E-state index contributed by atoms with van der Waals surface area (Å²) in [7, 11) is 0. The molecule has 1 saturated heterocycles. The van der Waals surface area contributed by atoms with E-state index in [4.69, 9.17) is 9.84 Å². The van der Waals surface area contributed by atoms with Gasteiger partial charge in [0, 0.05) is 6.20 Å². The first-order valence-electron chi connectivity index (χ1n) is 7.35. The molecule has 2 aromatic heterocycles. The SMILES string of the molecule is CCc1cn(-c2cn([C@@H]3O[C@H](CO)C(O)[C@@H]3O)c(=O)[nH]c2=O)nn1. The minimum absolute atomic E-state index is 0.000428. The number of H-pyrrole nitrogens is 1. The van der Waals surface area contributed by atoms with Gasteiger partial charge in [-0.1, -0.05) is 12.1 Å². The summed E-state index contributed by atoms with van der Waals surface area (Å²) in [6.07, 6.45) is -1.78. The molecule has 0 saturated carbocycles. The summed E-state index contributed by atoms with van der Waals surface area (Å²) in [6, 6.07) is 0. The lowest BCUT2D eigenvalue weighted by atomic mass is 10.1. The lowest BCUT2D eigenvalue weighted by Crippen LogP contribution is -2.39. The predicted molar refractivity (Wildman–Crippen MR) is 78.6 cm³/mol. The van der Waals surface area contributed by atoms with E-state index in [1.165, 1.54) is 10.9 Å². The van der Waals surface area contributed by atoms with Crippen molar-refractivity contribution in [2.45, 2.75) is 37.9 Å². The van der Waals surface area contributed by atoms with Crippen LogP contribution in [0.5, 0.6) is 0 Å². The van der Waals surface area contributed by atoms with Crippen molar-refractivity contribution in [2.24, 2.45) is 0 Å². The lowest BCUT2D eigenvalue weighted by Gasteiger charge is -2.17. The van der Waals surface area contributed by atoms with Crippen molar-refractivity contribution in [3.8, 4) is 5.69 Å². The molecule has 3 heterocycles. The van der Waals surface area contributed by atoms with Crippen molar-refractivity contribution in [2.75, 3.05) is 6.61 Å². The van der Waals surface area contributed by atoms with Crippen molar-refractivity contribution < 1.29 is 20.1 Å². The average Bonchev–Trinajstić information content (AvgIpc) is 3.14. The van der Waals surface area contributed by atoms with Crippen molar-refractivity contribution in [3.05, 3.63) is 38.9 Å². The summed E-state index contributed by atoms with van der Waals surface area (Å²) in [4.78, 5) is 26.2. The maximum Gasteiger partial charge on any atom is 0.330 e. The molecule has 1 unspecified atom stereocenters. The number of nitrogens with zero attached hydrogens (tertiary/aromatic N) is 4. The van der Waals surface area contributed by atoms with Gasteiger partial charge in [-0.15, -0.1) is 5.10 Å². The fraction of sp³-hybridized carbons (Fsp3) is 0.538. The standard InChI is InChI=1S/C13H17N5O6/c1-2-6-3-18(16-15-6)7-4-17(13(23)14-11(7)22)12-10(21)9(20)8(5-19)24-12/h3-4,8-10,12,19-21H,2,5H2,1H3,(H,14,22,23)/t8-,9?,10+,12-/m1/s1. The van der Waals surface area contributed by atoms with Gasteiger partial charge in [-0.05, 0) is 6.42 Å². The third-order valence-electron chi connectivity index (χ3n) is 3.89. The first-order chi connectivity index (χ1) is 11.5. The zero-order valence-electron chi connectivity index (χ0n) is 12.7. The van der Waals surface area contributed by atoms with E-state index in [-0.39, 0.29) is 5.69 Å². The van der Waals surface area contributed by atoms with Crippen LogP contribution < -0.4 is 11.2 Å². The Kier molecular flexibility index (Phi) is 4.32. The quantitative estimate of drug-likeness (QED) is 0.468. The number of rotatable bonds is 4. The third kappa shape index (κ3) is 2.67. The molecular weight excluding hydrogens is 322 g/mol. The highest BCUT2D eigenvalue weighted by Crippen LogP contribution is 2.28. The summed E-state index contributed by atoms with van der Waals surface area (Å²) in [5, 5.41) is 36.7. The van der Waals surface area contributed by atoms with Crippen molar-refractivity contribution in [1.82, 2.24) is 24.5 Å². The van der Waals surface area contributed by atoms with Crippen LogP contribution >= 0.6 is 0 Å². The molecule has 3 rings (SSSR count). The van der Waals surface area contributed by atoms with Gasteiger partial charge in [0.15, 0.2) is 6.23 Å². The first kappa shape index (κ1) is 16.5. The molecule has 0 bridgehead atoms. The molecule has 0 aliphatic carbocycles. The Morgan fingerprint density at radius 3 is 2.62 bits per heavy atom. The predicted octanol–water partition coefficient (Wildman–Crippen LogP) is -2.71. The van der Waals surface area contributed by atoms with Crippen LogP contribution in [0, 0.1) is 0 Å². The summed E-state index contributed by atoms with van der Waals surface area (Å²) < 4.78 is 7.45. The Bertz CT molecular complexity index is 842. The zero-order chi connectivity index (χ0) is 17.4. The van der Waals surface area contributed by atoms with Gasteiger partial charge >= 0.3 is 5.69 Å². The van der Waals surface area contributed by atoms with Gasteiger partial charge in [0.1, 0.15) is 24.0 Å². The van der Waals surface area contributed by atoms with Gasteiger partial charge in [0.2, 0.25) is 0 Å². The van der Waals surface area contributed by atoms with Crippen molar-refractivity contribution in [3.63, 3.8) is 0 Å². The van der Waals surface area contributed by atoms with Crippen LogP contribution in [0.15, 0.2) is 22.0 Å². The van der Waals surface area contributed by atoms with E-state index in [1.807, 2.05) is 6.92 Å². The number of hydrogen-bond acceptors (Lipinski definition) is 8. The second-order valence-corrected chi connectivity index (χ2v) is 5.42. The largest absolute Gasteiger partial charge is 0.394 e. The Balaban J connectivity index is 2.05. The van der Waals surface area contributed by atoms with Crippen molar-refractivity contribution in [1.29, 1.82) is 0 Å². The number of aliphatic hydroxyl groups is 3. The van der Waals surface area contributed by atoms with E-state index >= 15 is 0 Å². The molecule has 0 radical (unpaired) electrons. The summed E-state index contributed by atoms with van der Waals surface area (Å²) in [5.41, 5.74) is -0.857. The number of aliphatic hydroxyl groups excluding tert-OH is 3. The molecular formula is C13H17N5O6. The molecule has 4 atom stereocenters. The Hall–Kier alpha value is -2.34. The van der Waals surface area contributed by atoms with E-state index in [0.29, 0.717) is 12.1 Å². The second-order valence-electron chi connectivity index (χ2n) is 5.42. The highest BCUT2D eigenvalue weighted by atomic mass is 16.6. The molecule has 11 nitrogen and oxygen atoms in total. The lowest BCUT2D eigenvalue weighted by molar-refractivity contribution is -0.0550. The van der Waals surface area contributed by atoms with E-state index in [0.717, 1.165) is 10.8 Å². The summed E-state index contributed by atoms with van der Waals surface area (Å²) in [5.74, 6) is 0. The number of nitrogens with one attached hydrogen (secondary N) is 1. The first-order valence-corrected chi connectivity index (χ1v) is 7.35. The fourth-order valence-electron chi connectivity index (χ4n) is 2.51. The number of hydrogen-bond donors (Lipinski definition) is 4. The summed E-state index contributed by atoms with van der Waals surface area (Å²) in [6.45, 7) is 1.35. The van der Waals surface area contributed by atoms with Crippen LogP contribution in [0.3, 0.4) is 0 Å². The van der Waals surface area contributed by atoms with Gasteiger partial charge in [-0.25, -0.2) is 9.48 Å². The fourth-order valence-corrected chi connectivity index (χ4v) is 2.51. The highest BCUT2D eigenvalue weighted by Gasteiger charge is 2.43. The molecule has 1 aliphatic heterocycles. The highest BCUT2D eigenvalue weighted by molar-refractivity contribution is 5.24. The monoisotopic (exact) mass is 339 g/mol. The summed E-state index contributed by atoms with van der Waals surface area (Å²) >= 11 is 0. The maximum atomic E-state index is 12.0. The van der Waals surface area contributed by atoms with E-state index in [2.05, 4.69) is 15.3 Å². The van der Waals surface area contributed by atoms with Crippen LogP contribution in [0.25, 0.3) is 5.69 Å². The van der Waals surface area contributed by atoms with Crippen molar-refractivity contribution >= 4 is 0 Å². The molecule has 24 heavy (non-hydrogen) atoms. The smallest absolute Gasteiger partial charge is 0.330 e. The van der Waals surface area contributed by atoms with Gasteiger partial charge in [0.25, 0.3) is 5.56 Å². The molecule has 2 aromatic rings. The van der Waals surface area contributed by atoms with E-state index < -0.39 is 42.4 Å². The number of aryl methyl sites for hydroxylation is 1. The molecule has 0 amide bonds. The van der Waals surface area contributed by atoms with Gasteiger partial charge in [-0.2, -0.15) is 0 Å². The van der Waals surface area contributed by atoms with Crippen LogP contribution in [0.4, 0.5) is 0 Å². The zero-order valence-corrected chi connectivity index (χ0v) is 12.7. The molecule has 130 valence electrons. The van der Waals surface area contributed by atoms with Crippen LogP contribution in [0.2, 0.25) is 0 Å². The molecule has 1 fully saturated rings. The number of aromatic amines is 1. The van der Waals surface area contributed by atoms with Gasteiger partial charge in [0.05, 0.1) is 18.5 Å². The van der Waals surface area contributed by atoms with Crippen LogP contribution in [-0.2, 0) is 11.2 Å². The van der Waals surface area contributed by atoms with Crippen LogP contribution in [0.1, 0.15) is 18.8 Å². The molecule has 11 heteroatoms. The van der Waals surface area contributed by atoms with Crippen LogP contribution in [-0.4, -0.2) is 64.8 Å². The Morgan fingerprint density at radius 1 is 1.29 bits per heavy atom. The number of aromatic nitrogens is 5. The minimum atomic E-state index is -1.44.